The highest BCUT2D eigenvalue weighted by Gasteiger charge is 2.22. The third-order valence-corrected chi connectivity index (χ3v) is 4.18. The van der Waals surface area contributed by atoms with Crippen molar-refractivity contribution in [1.82, 2.24) is 10.2 Å². The first-order valence-corrected chi connectivity index (χ1v) is 7.67. The number of likely N-dealkylation sites (tertiary alicyclic amines) is 1. The van der Waals surface area contributed by atoms with Crippen LogP contribution >= 0.6 is 23.8 Å². The molecule has 0 radical (unpaired) electrons. The molecule has 0 saturated carbocycles. The highest BCUT2D eigenvalue weighted by atomic mass is 35.5. The maximum absolute atomic E-state index is 12.3. The van der Waals surface area contributed by atoms with Crippen molar-refractivity contribution in [3.8, 4) is 0 Å². The fraction of sp³-hybridized carbons (Fsp3) is 0.467. The van der Waals surface area contributed by atoms with Crippen molar-refractivity contribution < 1.29 is 4.79 Å². The van der Waals surface area contributed by atoms with E-state index >= 15 is 0 Å². The number of carbonyl (C=O) groups excluding carboxylic acids is 1. The van der Waals surface area contributed by atoms with Crippen LogP contribution in [0.2, 0.25) is 5.02 Å². The molecule has 3 nitrogen and oxygen atoms in total. The fourth-order valence-corrected chi connectivity index (χ4v) is 2.88. The van der Waals surface area contributed by atoms with Gasteiger partial charge in [0.2, 0.25) is 5.91 Å². The van der Waals surface area contributed by atoms with Crippen LogP contribution in [-0.2, 0) is 11.2 Å². The number of nitrogens with zero attached hydrogens (tertiary/aromatic N) is 1. The minimum absolute atomic E-state index is 0.177. The number of nitrogens with one attached hydrogen (secondary N) is 1. The van der Waals surface area contributed by atoms with E-state index < -0.39 is 0 Å². The number of halogens is 1. The number of thiocarbonyl (C=S) groups is 1. The third kappa shape index (κ3) is 3.93. The smallest absolute Gasteiger partial charge is 0.227 e. The van der Waals surface area contributed by atoms with Crippen LogP contribution in [0.3, 0.4) is 0 Å². The van der Waals surface area contributed by atoms with Crippen LogP contribution in [0.15, 0.2) is 18.2 Å². The molecule has 0 atom stereocenters. The van der Waals surface area contributed by atoms with Crippen molar-refractivity contribution >= 4 is 35.2 Å². The summed E-state index contributed by atoms with van der Waals surface area (Å²) in [5.74, 6) is 0.177. The molecule has 1 heterocycles. The average Bonchev–Trinajstić information content (AvgIpc) is 2.44. The Morgan fingerprint density at radius 1 is 1.50 bits per heavy atom. The van der Waals surface area contributed by atoms with E-state index in [1.54, 1.807) is 5.49 Å². The van der Waals surface area contributed by atoms with Crippen molar-refractivity contribution in [1.29, 1.82) is 0 Å². The standard InChI is InChI=1S/C15H19ClN2OS/c1-11-2-3-13(16)8-12(11)9-15(19)18-6-4-14(5-7-18)17-10-20/h2-3,8,10,14H,4-7,9H2,1H3,(H,17,20). The van der Waals surface area contributed by atoms with Crippen LogP contribution in [-0.4, -0.2) is 35.4 Å². The fourth-order valence-electron chi connectivity index (χ4n) is 2.50. The van der Waals surface area contributed by atoms with E-state index in [1.807, 2.05) is 30.0 Å². The predicted octanol–water partition coefficient (Wildman–Crippen LogP) is 2.73. The molecule has 1 saturated heterocycles. The Morgan fingerprint density at radius 3 is 2.85 bits per heavy atom. The lowest BCUT2D eigenvalue weighted by molar-refractivity contribution is -0.131. The molecule has 0 aliphatic carbocycles. The van der Waals surface area contributed by atoms with Crippen LogP contribution < -0.4 is 5.32 Å². The lowest BCUT2D eigenvalue weighted by Crippen LogP contribution is -2.45. The Labute approximate surface area is 130 Å². The van der Waals surface area contributed by atoms with Gasteiger partial charge in [0, 0.05) is 24.2 Å². The van der Waals surface area contributed by atoms with Gasteiger partial charge in [-0.1, -0.05) is 29.9 Å². The molecule has 1 aliphatic rings. The van der Waals surface area contributed by atoms with Gasteiger partial charge >= 0.3 is 0 Å². The monoisotopic (exact) mass is 310 g/mol. The van der Waals surface area contributed by atoms with Crippen LogP contribution in [0.4, 0.5) is 0 Å². The van der Waals surface area contributed by atoms with Crippen molar-refractivity contribution in [2.75, 3.05) is 13.1 Å². The topological polar surface area (TPSA) is 32.3 Å². The molecule has 0 unspecified atom stereocenters. The Morgan fingerprint density at radius 2 is 2.20 bits per heavy atom. The van der Waals surface area contributed by atoms with Crippen LogP contribution in [0, 0.1) is 6.92 Å². The van der Waals surface area contributed by atoms with E-state index in [-0.39, 0.29) is 5.91 Å². The summed E-state index contributed by atoms with van der Waals surface area (Å²) in [5.41, 5.74) is 3.69. The van der Waals surface area contributed by atoms with Gasteiger partial charge in [-0.25, -0.2) is 0 Å². The van der Waals surface area contributed by atoms with Gasteiger partial charge in [0.05, 0.1) is 11.9 Å². The van der Waals surface area contributed by atoms with Crippen molar-refractivity contribution in [2.45, 2.75) is 32.2 Å². The Balaban J connectivity index is 1.92. The number of amides is 1. The number of aryl methyl sites for hydroxylation is 1. The minimum atomic E-state index is 0.177. The lowest BCUT2D eigenvalue weighted by atomic mass is 10.0. The number of rotatable bonds is 4. The predicted molar refractivity (Wildman–Crippen MR) is 86.3 cm³/mol. The summed E-state index contributed by atoms with van der Waals surface area (Å²) >= 11 is 10.8. The Kier molecular flexibility index (Phi) is 5.38. The summed E-state index contributed by atoms with van der Waals surface area (Å²) in [6.07, 6.45) is 2.33. The summed E-state index contributed by atoms with van der Waals surface area (Å²) in [5, 5.41) is 3.83. The van der Waals surface area contributed by atoms with Crippen molar-refractivity contribution in [2.24, 2.45) is 0 Å². The normalized spacial score (nSPS) is 16.0. The molecular weight excluding hydrogens is 292 g/mol. The zero-order valence-corrected chi connectivity index (χ0v) is 13.1. The summed E-state index contributed by atoms with van der Waals surface area (Å²) in [6.45, 7) is 3.59. The van der Waals surface area contributed by atoms with Crippen LogP contribution in [0.5, 0.6) is 0 Å². The summed E-state index contributed by atoms with van der Waals surface area (Å²) in [7, 11) is 0. The molecule has 5 heteroatoms. The van der Waals surface area contributed by atoms with Crippen LogP contribution in [0.25, 0.3) is 0 Å². The lowest BCUT2D eigenvalue weighted by Gasteiger charge is -2.32. The summed E-state index contributed by atoms with van der Waals surface area (Å²) in [6, 6.07) is 6.10. The molecule has 1 amide bonds. The maximum Gasteiger partial charge on any atom is 0.227 e. The largest absolute Gasteiger partial charge is 0.379 e. The third-order valence-electron chi connectivity index (χ3n) is 3.80. The Hall–Kier alpha value is -1.13. The zero-order valence-electron chi connectivity index (χ0n) is 11.6. The van der Waals surface area contributed by atoms with Crippen LogP contribution in [0.1, 0.15) is 24.0 Å². The van der Waals surface area contributed by atoms with Gasteiger partial charge < -0.3 is 10.2 Å². The molecule has 2 rings (SSSR count). The second-order valence-electron chi connectivity index (χ2n) is 5.19. The molecule has 0 aromatic heterocycles. The molecule has 108 valence electrons. The number of hydrogen-bond donors (Lipinski definition) is 1. The van der Waals surface area contributed by atoms with Gasteiger partial charge in [-0.05, 0) is 43.0 Å². The molecule has 1 fully saturated rings. The first-order chi connectivity index (χ1) is 9.60. The highest BCUT2D eigenvalue weighted by Crippen LogP contribution is 2.18. The van der Waals surface area contributed by atoms with E-state index in [4.69, 9.17) is 23.8 Å². The molecule has 0 spiro atoms. The van der Waals surface area contributed by atoms with E-state index in [1.165, 1.54) is 0 Å². The average molecular weight is 311 g/mol. The highest BCUT2D eigenvalue weighted by molar-refractivity contribution is 7.78. The van der Waals surface area contributed by atoms with Gasteiger partial charge in [0.25, 0.3) is 0 Å². The maximum atomic E-state index is 12.3. The van der Waals surface area contributed by atoms with Crippen molar-refractivity contribution in [3.63, 3.8) is 0 Å². The Bertz CT molecular complexity index is 499. The second-order valence-corrected chi connectivity index (χ2v) is 5.86. The first-order valence-electron chi connectivity index (χ1n) is 6.82. The SMILES string of the molecule is Cc1ccc(Cl)cc1CC(=O)N1CCC(NC=S)CC1. The van der Waals surface area contributed by atoms with Gasteiger partial charge in [-0.3, -0.25) is 4.79 Å². The number of benzene rings is 1. The van der Waals surface area contributed by atoms with Gasteiger partial charge in [-0.15, -0.1) is 0 Å². The second kappa shape index (κ2) is 7.04. The molecule has 1 aromatic carbocycles. The molecular formula is C15H19ClN2OS. The summed E-state index contributed by atoms with van der Waals surface area (Å²) < 4.78 is 0. The zero-order chi connectivity index (χ0) is 14.5. The molecule has 1 N–H and O–H groups in total. The van der Waals surface area contributed by atoms with Gasteiger partial charge in [0.15, 0.2) is 0 Å². The minimum Gasteiger partial charge on any atom is -0.379 e. The first kappa shape index (κ1) is 15.3. The van der Waals surface area contributed by atoms with Crippen molar-refractivity contribution in [3.05, 3.63) is 34.3 Å². The number of carbonyl (C=O) groups is 1. The van der Waals surface area contributed by atoms with E-state index in [2.05, 4.69) is 5.32 Å². The molecule has 0 bridgehead atoms. The quantitative estimate of drug-likeness (QED) is 0.868. The number of piperidine rings is 1. The number of hydrogen-bond acceptors (Lipinski definition) is 2. The van der Waals surface area contributed by atoms with E-state index in [0.717, 1.165) is 37.1 Å². The van der Waals surface area contributed by atoms with E-state index in [9.17, 15) is 4.79 Å². The summed E-state index contributed by atoms with van der Waals surface area (Å²) in [4.78, 5) is 14.3. The molecule has 1 aromatic rings. The van der Waals surface area contributed by atoms with Gasteiger partial charge in [-0.2, -0.15) is 0 Å². The molecule has 20 heavy (non-hydrogen) atoms. The molecule has 1 aliphatic heterocycles. The van der Waals surface area contributed by atoms with Gasteiger partial charge in [0.1, 0.15) is 0 Å². The van der Waals surface area contributed by atoms with E-state index in [0.29, 0.717) is 17.5 Å².